The van der Waals surface area contributed by atoms with Crippen LogP contribution in [-0.4, -0.2) is 43.7 Å². The lowest BCUT2D eigenvalue weighted by Gasteiger charge is -2.29. The molecule has 2 N–H and O–H groups in total. The lowest BCUT2D eigenvalue weighted by Crippen LogP contribution is -2.36. The van der Waals surface area contributed by atoms with Gasteiger partial charge in [-0.05, 0) is 47.3 Å². The summed E-state index contributed by atoms with van der Waals surface area (Å²) in [5.41, 5.74) is 3.28. The first-order valence-corrected chi connectivity index (χ1v) is 14.4. The maximum Gasteiger partial charge on any atom is 0.222 e. The molecule has 2 aliphatic heterocycles. The van der Waals surface area contributed by atoms with Gasteiger partial charge in [-0.25, -0.2) is 0 Å². The maximum atomic E-state index is 13.3. The number of carbonyl (C=O) groups excluding carboxylic acids is 1. The molecular formula is C29H31Cl2N3O3S. The van der Waals surface area contributed by atoms with Crippen molar-refractivity contribution in [2.24, 2.45) is 0 Å². The first kappa shape index (κ1) is 27.3. The molecule has 0 bridgehead atoms. The second kappa shape index (κ2) is 13.2. The minimum absolute atomic E-state index is 0.0173. The van der Waals surface area contributed by atoms with Gasteiger partial charge in [0.25, 0.3) is 0 Å². The van der Waals surface area contributed by atoms with Crippen LogP contribution >= 0.6 is 35.1 Å². The monoisotopic (exact) mass is 571 g/mol. The molecule has 1 saturated heterocycles. The number of halogens is 2. The van der Waals surface area contributed by atoms with E-state index < -0.39 is 0 Å². The molecule has 0 spiro atoms. The van der Waals surface area contributed by atoms with Gasteiger partial charge in [0.1, 0.15) is 5.75 Å². The second-order valence-corrected chi connectivity index (χ2v) is 11.2. The van der Waals surface area contributed by atoms with E-state index in [1.54, 1.807) is 6.07 Å². The van der Waals surface area contributed by atoms with E-state index in [4.69, 9.17) is 32.7 Å². The van der Waals surface area contributed by atoms with Gasteiger partial charge < -0.3 is 14.8 Å². The number of fused-ring (bicyclic) bond motifs is 1. The van der Waals surface area contributed by atoms with Crippen LogP contribution in [0.4, 0.5) is 0 Å². The van der Waals surface area contributed by atoms with Crippen LogP contribution in [0.15, 0.2) is 71.6 Å². The Kier molecular flexibility index (Phi) is 9.49. The summed E-state index contributed by atoms with van der Waals surface area (Å²) in [4.78, 5) is 16.6. The highest BCUT2D eigenvalue weighted by molar-refractivity contribution is 7.97. The molecule has 1 amide bonds. The highest BCUT2D eigenvalue weighted by Crippen LogP contribution is 2.34. The molecule has 0 radical (unpaired) electrons. The van der Waals surface area contributed by atoms with Crippen molar-refractivity contribution in [3.8, 4) is 5.75 Å². The number of carbonyl (C=O) groups is 1. The number of nitrogens with zero attached hydrogens (tertiary/aromatic N) is 1. The van der Waals surface area contributed by atoms with Crippen LogP contribution in [0.3, 0.4) is 0 Å². The number of nitrogens with one attached hydrogen (secondary N) is 2. The Hall–Kier alpha value is -2.26. The van der Waals surface area contributed by atoms with Crippen LogP contribution < -0.4 is 14.8 Å². The zero-order valence-electron chi connectivity index (χ0n) is 21.0. The fourth-order valence-corrected chi connectivity index (χ4v) is 5.90. The summed E-state index contributed by atoms with van der Waals surface area (Å²) in [6, 6.07) is 21.6. The third-order valence-corrected chi connectivity index (χ3v) is 8.40. The van der Waals surface area contributed by atoms with Gasteiger partial charge in [0, 0.05) is 42.9 Å². The van der Waals surface area contributed by atoms with Crippen LogP contribution in [0, 0.1) is 0 Å². The summed E-state index contributed by atoms with van der Waals surface area (Å²) in [5.74, 6) is 0.844. The standard InChI is InChI=1S/C29H31Cl2N3O3S/c30-24-9-7-22(17-25(24)31)38-33-27(21-4-2-1-3-5-21)18-29(35)32-26-10-13-37-28-16-20(6-8-23(26)28)19-34-11-14-36-15-12-34/h1-9,16-17,26-27,33H,10-15,18-19H2,(H,32,35)/t26-,27-/m1/s1. The predicted molar refractivity (Wildman–Crippen MR) is 153 cm³/mol. The Labute approximate surface area is 238 Å². The molecule has 6 nitrogen and oxygen atoms in total. The van der Waals surface area contributed by atoms with E-state index in [0.29, 0.717) is 23.1 Å². The summed E-state index contributed by atoms with van der Waals surface area (Å²) in [6.07, 6.45) is 1.03. The van der Waals surface area contributed by atoms with Crippen LogP contribution in [0.2, 0.25) is 10.0 Å². The van der Waals surface area contributed by atoms with E-state index in [1.165, 1.54) is 17.5 Å². The Morgan fingerprint density at radius 2 is 1.82 bits per heavy atom. The van der Waals surface area contributed by atoms with Crippen molar-refractivity contribution in [1.82, 2.24) is 14.9 Å². The average Bonchev–Trinajstić information content (AvgIpc) is 2.94. The van der Waals surface area contributed by atoms with E-state index in [-0.39, 0.29) is 18.0 Å². The molecule has 2 aliphatic rings. The van der Waals surface area contributed by atoms with Gasteiger partial charge in [0.05, 0.1) is 41.9 Å². The van der Waals surface area contributed by atoms with Gasteiger partial charge in [-0.1, -0.05) is 65.7 Å². The molecule has 2 atom stereocenters. The average molecular weight is 573 g/mol. The van der Waals surface area contributed by atoms with Gasteiger partial charge >= 0.3 is 0 Å². The summed E-state index contributed by atoms with van der Waals surface area (Å²) in [6.45, 7) is 4.89. The zero-order chi connectivity index (χ0) is 26.3. The van der Waals surface area contributed by atoms with Crippen molar-refractivity contribution >= 4 is 41.1 Å². The van der Waals surface area contributed by atoms with E-state index in [0.717, 1.165) is 61.0 Å². The Morgan fingerprint density at radius 1 is 1.00 bits per heavy atom. The molecule has 0 aliphatic carbocycles. The Bertz CT molecular complexity index is 1240. The van der Waals surface area contributed by atoms with Crippen molar-refractivity contribution in [2.45, 2.75) is 36.4 Å². The second-order valence-electron chi connectivity index (χ2n) is 9.48. The SMILES string of the molecule is O=C(C[C@@H](NSc1ccc(Cl)c(Cl)c1)c1ccccc1)N[C@@H]1CCOc2cc(CN3CCOCC3)ccc21. The molecule has 0 unspecified atom stereocenters. The van der Waals surface area contributed by atoms with Crippen molar-refractivity contribution in [3.63, 3.8) is 0 Å². The van der Waals surface area contributed by atoms with E-state index in [1.807, 2.05) is 42.5 Å². The molecule has 1 fully saturated rings. The van der Waals surface area contributed by atoms with Gasteiger partial charge in [0.2, 0.25) is 5.91 Å². The van der Waals surface area contributed by atoms with E-state index in [2.05, 4.69) is 33.1 Å². The number of hydrogen-bond donors (Lipinski definition) is 2. The normalized spacial score (nSPS) is 18.3. The topological polar surface area (TPSA) is 62.8 Å². The summed E-state index contributed by atoms with van der Waals surface area (Å²) >= 11 is 13.7. The molecule has 0 saturated carbocycles. The molecule has 9 heteroatoms. The molecule has 3 aromatic rings. The van der Waals surface area contributed by atoms with Crippen LogP contribution in [0.1, 0.15) is 41.6 Å². The predicted octanol–water partition coefficient (Wildman–Crippen LogP) is 6.19. The zero-order valence-corrected chi connectivity index (χ0v) is 23.3. The van der Waals surface area contributed by atoms with Crippen molar-refractivity contribution in [2.75, 3.05) is 32.9 Å². The third-order valence-electron chi connectivity index (χ3n) is 6.76. The minimum Gasteiger partial charge on any atom is -0.493 e. The maximum absolute atomic E-state index is 13.3. The van der Waals surface area contributed by atoms with Crippen molar-refractivity contribution in [3.05, 3.63) is 93.5 Å². The quantitative estimate of drug-likeness (QED) is 0.298. The molecule has 3 aromatic carbocycles. The summed E-state index contributed by atoms with van der Waals surface area (Å²) in [5, 5.41) is 4.27. The number of ether oxygens (including phenoxy) is 2. The molecule has 200 valence electrons. The third kappa shape index (κ3) is 7.23. The fourth-order valence-electron chi connectivity index (χ4n) is 4.73. The fraction of sp³-hybridized carbons (Fsp3) is 0.345. The van der Waals surface area contributed by atoms with Crippen molar-refractivity contribution < 1.29 is 14.3 Å². The number of benzene rings is 3. The van der Waals surface area contributed by atoms with Gasteiger partial charge in [-0.3, -0.25) is 14.4 Å². The van der Waals surface area contributed by atoms with Crippen LogP contribution in [0.5, 0.6) is 5.75 Å². The largest absolute Gasteiger partial charge is 0.493 e. The highest BCUT2D eigenvalue weighted by Gasteiger charge is 2.25. The molecule has 5 rings (SSSR count). The molecular weight excluding hydrogens is 541 g/mol. The van der Waals surface area contributed by atoms with E-state index >= 15 is 0 Å². The number of amides is 1. The number of rotatable bonds is 9. The first-order valence-electron chi connectivity index (χ1n) is 12.8. The first-order chi connectivity index (χ1) is 18.5. The Balaban J connectivity index is 1.23. The number of morpholine rings is 1. The minimum atomic E-state index is -0.189. The smallest absolute Gasteiger partial charge is 0.222 e. The number of hydrogen-bond acceptors (Lipinski definition) is 6. The Morgan fingerprint density at radius 3 is 2.61 bits per heavy atom. The van der Waals surface area contributed by atoms with Crippen molar-refractivity contribution in [1.29, 1.82) is 0 Å². The molecule has 0 aromatic heterocycles. The highest BCUT2D eigenvalue weighted by atomic mass is 35.5. The summed E-state index contributed by atoms with van der Waals surface area (Å²) < 4.78 is 14.9. The van der Waals surface area contributed by atoms with Gasteiger partial charge in [0.15, 0.2) is 0 Å². The van der Waals surface area contributed by atoms with Crippen LogP contribution in [0.25, 0.3) is 0 Å². The molecule has 38 heavy (non-hydrogen) atoms. The summed E-state index contributed by atoms with van der Waals surface area (Å²) in [7, 11) is 0. The van der Waals surface area contributed by atoms with E-state index in [9.17, 15) is 4.79 Å². The van der Waals surface area contributed by atoms with Crippen LogP contribution in [-0.2, 0) is 16.1 Å². The molecule has 2 heterocycles. The van der Waals surface area contributed by atoms with Gasteiger partial charge in [-0.15, -0.1) is 0 Å². The lowest BCUT2D eigenvalue weighted by atomic mass is 9.97. The lowest BCUT2D eigenvalue weighted by molar-refractivity contribution is -0.122. The van der Waals surface area contributed by atoms with Gasteiger partial charge in [-0.2, -0.15) is 0 Å².